The fourth-order valence-corrected chi connectivity index (χ4v) is 3.47. The van der Waals surface area contributed by atoms with Crippen molar-refractivity contribution in [3.05, 3.63) is 59.7 Å². The lowest BCUT2D eigenvalue weighted by Gasteiger charge is -2.31. The Morgan fingerprint density at radius 3 is 2.48 bits per heavy atom. The second kappa shape index (κ2) is 9.47. The molecule has 2 aromatic carbocycles. The van der Waals surface area contributed by atoms with Crippen molar-refractivity contribution in [2.45, 2.75) is 25.9 Å². The molecule has 2 N–H and O–H groups in total. The molecule has 1 aliphatic heterocycles. The van der Waals surface area contributed by atoms with Crippen LogP contribution in [0.25, 0.3) is 5.57 Å². The summed E-state index contributed by atoms with van der Waals surface area (Å²) in [5.74, 6) is 1.59. The maximum absolute atomic E-state index is 12.6. The van der Waals surface area contributed by atoms with Gasteiger partial charge in [0.2, 0.25) is 5.91 Å². The molecule has 6 heteroatoms. The molecule has 154 valence electrons. The first-order valence-corrected chi connectivity index (χ1v) is 9.73. The summed E-state index contributed by atoms with van der Waals surface area (Å²) in [5.41, 5.74) is 3.32. The number of aromatic hydroxyl groups is 1. The Kier molecular flexibility index (Phi) is 6.77. The van der Waals surface area contributed by atoms with Crippen molar-refractivity contribution < 1.29 is 19.4 Å². The molecule has 1 atom stereocenters. The lowest BCUT2D eigenvalue weighted by Crippen LogP contribution is -2.46. The molecule has 0 spiro atoms. The van der Waals surface area contributed by atoms with Crippen LogP contribution in [0, 0.1) is 0 Å². The molecule has 1 aliphatic rings. The SMILES string of the molecule is COc1ccc(CNC(=O)C(C)N2CC=C(c3ccc(O)cc3)CC2)cc1OC. The van der Waals surface area contributed by atoms with E-state index in [9.17, 15) is 9.90 Å². The predicted octanol–water partition coefficient (Wildman–Crippen LogP) is 3.20. The van der Waals surface area contributed by atoms with E-state index in [1.165, 1.54) is 5.57 Å². The summed E-state index contributed by atoms with van der Waals surface area (Å²) >= 11 is 0. The van der Waals surface area contributed by atoms with Crippen molar-refractivity contribution in [1.82, 2.24) is 10.2 Å². The molecule has 1 unspecified atom stereocenters. The number of methoxy groups -OCH3 is 2. The fraction of sp³-hybridized carbons (Fsp3) is 0.348. The number of nitrogens with one attached hydrogen (secondary N) is 1. The van der Waals surface area contributed by atoms with E-state index in [1.807, 2.05) is 37.3 Å². The zero-order chi connectivity index (χ0) is 20.8. The lowest BCUT2D eigenvalue weighted by atomic mass is 9.98. The second-order valence-corrected chi connectivity index (χ2v) is 7.10. The summed E-state index contributed by atoms with van der Waals surface area (Å²) in [6, 6.07) is 12.7. The van der Waals surface area contributed by atoms with Crippen LogP contribution in [0.3, 0.4) is 0 Å². The van der Waals surface area contributed by atoms with E-state index in [0.717, 1.165) is 30.6 Å². The van der Waals surface area contributed by atoms with E-state index in [2.05, 4.69) is 16.3 Å². The highest BCUT2D eigenvalue weighted by molar-refractivity contribution is 5.81. The molecule has 1 heterocycles. The standard InChI is InChI=1S/C23H28N2O4/c1-16(23(27)24-15-17-4-9-21(28-2)22(14-17)29-3)25-12-10-19(11-13-25)18-5-7-20(26)8-6-18/h4-10,14,16,26H,11-13,15H2,1-3H3,(H,24,27). The van der Waals surface area contributed by atoms with Crippen molar-refractivity contribution in [3.63, 3.8) is 0 Å². The van der Waals surface area contributed by atoms with E-state index < -0.39 is 0 Å². The van der Waals surface area contributed by atoms with Crippen LogP contribution in [0.5, 0.6) is 17.2 Å². The molecule has 2 aromatic rings. The maximum Gasteiger partial charge on any atom is 0.237 e. The maximum atomic E-state index is 12.6. The Hall–Kier alpha value is -2.99. The first-order chi connectivity index (χ1) is 14.0. The minimum absolute atomic E-state index is 0.00117. The molecule has 3 rings (SSSR count). The molecular formula is C23H28N2O4. The number of phenolic OH excluding ortho intramolecular Hbond substituents is 1. The minimum atomic E-state index is -0.215. The summed E-state index contributed by atoms with van der Waals surface area (Å²) in [5, 5.41) is 12.4. The third-order valence-electron chi connectivity index (χ3n) is 5.32. The van der Waals surface area contributed by atoms with Crippen LogP contribution in [0.1, 0.15) is 24.5 Å². The third-order valence-corrected chi connectivity index (χ3v) is 5.32. The summed E-state index contributed by atoms with van der Waals surface area (Å²) in [7, 11) is 3.19. The number of phenols is 1. The van der Waals surface area contributed by atoms with Gasteiger partial charge in [-0.05, 0) is 54.3 Å². The number of amides is 1. The topological polar surface area (TPSA) is 71.0 Å². The normalized spacial score (nSPS) is 15.3. The van der Waals surface area contributed by atoms with Gasteiger partial charge in [-0.2, -0.15) is 0 Å². The van der Waals surface area contributed by atoms with E-state index in [1.54, 1.807) is 26.4 Å². The van der Waals surface area contributed by atoms with E-state index in [-0.39, 0.29) is 17.7 Å². The monoisotopic (exact) mass is 396 g/mol. The van der Waals surface area contributed by atoms with Crippen LogP contribution in [0.15, 0.2) is 48.5 Å². The summed E-state index contributed by atoms with van der Waals surface area (Å²) in [6.45, 7) is 3.91. The highest BCUT2D eigenvalue weighted by Gasteiger charge is 2.23. The van der Waals surface area contributed by atoms with Crippen molar-refractivity contribution in [3.8, 4) is 17.2 Å². The number of rotatable bonds is 7. The molecule has 0 aliphatic carbocycles. The van der Waals surface area contributed by atoms with E-state index in [0.29, 0.717) is 18.0 Å². The van der Waals surface area contributed by atoms with Gasteiger partial charge in [-0.15, -0.1) is 0 Å². The van der Waals surface area contributed by atoms with Gasteiger partial charge in [0.1, 0.15) is 5.75 Å². The van der Waals surface area contributed by atoms with Gasteiger partial charge in [0.05, 0.1) is 20.3 Å². The Bertz CT molecular complexity index is 877. The number of carbonyl (C=O) groups excluding carboxylic acids is 1. The highest BCUT2D eigenvalue weighted by atomic mass is 16.5. The number of hydrogen-bond donors (Lipinski definition) is 2. The Morgan fingerprint density at radius 1 is 1.14 bits per heavy atom. The molecule has 6 nitrogen and oxygen atoms in total. The molecule has 0 saturated carbocycles. The largest absolute Gasteiger partial charge is 0.508 e. The number of carbonyl (C=O) groups is 1. The zero-order valence-corrected chi connectivity index (χ0v) is 17.1. The van der Waals surface area contributed by atoms with Crippen LogP contribution in [0.2, 0.25) is 0 Å². The zero-order valence-electron chi connectivity index (χ0n) is 17.1. The number of ether oxygens (including phenoxy) is 2. The predicted molar refractivity (Wildman–Crippen MR) is 113 cm³/mol. The van der Waals surface area contributed by atoms with Crippen molar-refractivity contribution in [2.24, 2.45) is 0 Å². The van der Waals surface area contributed by atoms with Gasteiger partial charge in [-0.3, -0.25) is 9.69 Å². The van der Waals surface area contributed by atoms with Crippen molar-refractivity contribution >= 4 is 11.5 Å². The average molecular weight is 396 g/mol. The van der Waals surface area contributed by atoms with Gasteiger partial charge in [-0.1, -0.05) is 24.3 Å². The first-order valence-electron chi connectivity index (χ1n) is 9.73. The van der Waals surface area contributed by atoms with E-state index >= 15 is 0 Å². The molecule has 0 bridgehead atoms. The second-order valence-electron chi connectivity index (χ2n) is 7.10. The molecule has 0 radical (unpaired) electrons. The molecule has 1 amide bonds. The lowest BCUT2D eigenvalue weighted by molar-refractivity contribution is -0.125. The van der Waals surface area contributed by atoms with Gasteiger partial charge in [0.15, 0.2) is 11.5 Å². The van der Waals surface area contributed by atoms with Crippen LogP contribution in [-0.4, -0.2) is 49.3 Å². The van der Waals surface area contributed by atoms with E-state index in [4.69, 9.17) is 9.47 Å². The third kappa shape index (κ3) is 5.09. The minimum Gasteiger partial charge on any atom is -0.508 e. The van der Waals surface area contributed by atoms with Crippen LogP contribution >= 0.6 is 0 Å². The van der Waals surface area contributed by atoms with Crippen LogP contribution < -0.4 is 14.8 Å². The number of benzene rings is 2. The molecule has 0 aromatic heterocycles. The number of hydrogen-bond acceptors (Lipinski definition) is 5. The first kappa shape index (κ1) is 20.7. The molecule has 0 saturated heterocycles. The Balaban J connectivity index is 1.55. The van der Waals surface area contributed by atoms with Crippen LogP contribution in [0.4, 0.5) is 0 Å². The van der Waals surface area contributed by atoms with Gasteiger partial charge in [0.25, 0.3) is 0 Å². The molecule has 29 heavy (non-hydrogen) atoms. The average Bonchev–Trinajstić information content (AvgIpc) is 2.77. The summed E-state index contributed by atoms with van der Waals surface area (Å²) in [6.07, 6.45) is 3.03. The van der Waals surface area contributed by atoms with Crippen molar-refractivity contribution in [2.75, 3.05) is 27.3 Å². The van der Waals surface area contributed by atoms with Gasteiger partial charge >= 0.3 is 0 Å². The summed E-state index contributed by atoms with van der Waals surface area (Å²) < 4.78 is 10.6. The smallest absolute Gasteiger partial charge is 0.237 e. The van der Waals surface area contributed by atoms with Crippen molar-refractivity contribution in [1.29, 1.82) is 0 Å². The van der Waals surface area contributed by atoms with Gasteiger partial charge in [0, 0.05) is 19.6 Å². The molecular weight excluding hydrogens is 368 g/mol. The number of nitrogens with zero attached hydrogens (tertiary/aromatic N) is 1. The van der Waals surface area contributed by atoms with Gasteiger partial charge < -0.3 is 19.9 Å². The quantitative estimate of drug-likeness (QED) is 0.752. The fourth-order valence-electron chi connectivity index (χ4n) is 3.47. The van der Waals surface area contributed by atoms with Gasteiger partial charge in [-0.25, -0.2) is 0 Å². The molecule has 0 fully saturated rings. The highest BCUT2D eigenvalue weighted by Crippen LogP contribution is 2.28. The van der Waals surface area contributed by atoms with Crippen LogP contribution in [-0.2, 0) is 11.3 Å². The summed E-state index contributed by atoms with van der Waals surface area (Å²) in [4.78, 5) is 14.8. The Labute approximate surface area is 171 Å². The Morgan fingerprint density at radius 2 is 1.86 bits per heavy atom.